The molecule has 0 aromatic heterocycles. The van der Waals surface area contributed by atoms with Crippen LogP contribution in [0.15, 0.2) is 81.2 Å². The first-order chi connectivity index (χ1) is 17.0. The van der Waals surface area contributed by atoms with E-state index in [0.29, 0.717) is 23.4 Å². The maximum Gasteiger partial charge on any atom is 0.148 e. The van der Waals surface area contributed by atoms with Gasteiger partial charge in [-0.05, 0) is 74.6 Å². The van der Waals surface area contributed by atoms with E-state index in [1.54, 1.807) is 43.8 Å². The SMILES string of the molecule is C.C=C/C(S)=C\C(F)=C(C)C.CSc1ccc(F)cc1.N#Cc1cc(S(N)=O)cc(F)c1NCCCO. The molecule has 204 valence electrons. The maximum absolute atomic E-state index is 13.6. The van der Waals surface area contributed by atoms with Crippen molar-refractivity contribution in [2.45, 2.75) is 37.5 Å². The largest absolute Gasteiger partial charge is 0.396 e. The molecule has 2 rings (SSSR count). The minimum Gasteiger partial charge on any atom is -0.396 e. The van der Waals surface area contributed by atoms with E-state index < -0.39 is 16.8 Å². The van der Waals surface area contributed by atoms with Gasteiger partial charge in [0.05, 0.1) is 16.1 Å². The Kier molecular flexibility index (Phi) is 20.4. The Balaban J connectivity index is 0. The molecule has 0 radical (unpaired) electrons. The molecule has 2 aromatic carbocycles. The number of benzene rings is 2. The number of nitrogens with one attached hydrogen (secondary N) is 1. The van der Waals surface area contributed by atoms with Crippen molar-refractivity contribution in [1.29, 1.82) is 5.26 Å². The molecule has 1 atom stereocenters. The minimum atomic E-state index is -1.83. The van der Waals surface area contributed by atoms with E-state index in [9.17, 15) is 17.4 Å². The zero-order chi connectivity index (χ0) is 27.7. The molecule has 4 N–H and O–H groups in total. The highest BCUT2D eigenvalue weighted by Crippen LogP contribution is 2.22. The first-order valence-corrected chi connectivity index (χ1v) is 13.3. The van der Waals surface area contributed by atoms with Gasteiger partial charge < -0.3 is 10.4 Å². The van der Waals surface area contributed by atoms with E-state index in [4.69, 9.17) is 15.5 Å². The summed E-state index contributed by atoms with van der Waals surface area (Å²) in [4.78, 5) is 1.70. The van der Waals surface area contributed by atoms with Crippen LogP contribution in [-0.2, 0) is 11.0 Å². The van der Waals surface area contributed by atoms with Gasteiger partial charge in [-0.25, -0.2) is 22.5 Å². The Bertz CT molecular complexity index is 1110. The van der Waals surface area contributed by atoms with Crippen molar-refractivity contribution in [3.05, 3.63) is 88.6 Å². The molecule has 0 heterocycles. The first-order valence-electron chi connectivity index (χ1n) is 10.4. The summed E-state index contributed by atoms with van der Waals surface area (Å²) in [6.07, 6.45) is 5.24. The molecule has 37 heavy (non-hydrogen) atoms. The van der Waals surface area contributed by atoms with Gasteiger partial charge in [-0.2, -0.15) is 5.26 Å². The van der Waals surface area contributed by atoms with Crippen molar-refractivity contribution in [2.24, 2.45) is 5.14 Å². The third-order valence-corrected chi connectivity index (χ3v) is 5.82. The highest BCUT2D eigenvalue weighted by molar-refractivity contribution is 7.98. The molecule has 0 saturated carbocycles. The number of anilines is 1. The van der Waals surface area contributed by atoms with Crippen LogP contribution in [0.25, 0.3) is 0 Å². The van der Waals surface area contributed by atoms with Crippen LogP contribution in [-0.4, -0.2) is 28.7 Å². The Morgan fingerprint density at radius 1 is 1.30 bits per heavy atom. The van der Waals surface area contributed by atoms with Crippen LogP contribution in [0.3, 0.4) is 0 Å². The summed E-state index contributed by atoms with van der Waals surface area (Å²) in [6, 6.07) is 10.6. The summed E-state index contributed by atoms with van der Waals surface area (Å²) >= 11 is 5.54. The van der Waals surface area contributed by atoms with Crippen molar-refractivity contribution in [3.8, 4) is 6.07 Å². The van der Waals surface area contributed by atoms with Crippen LogP contribution < -0.4 is 10.5 Å². The normalized spacial score (nSPS) is 10.8. The Labute approximate surface area is 230 Å². The van der Waals surface area contributed by atoms with Gasteiger partial charge in [-0.15, -0.1) is 24.4 Å². The number of hydrogen-bond donors (Lipinski definition) is 4. The van der Waals surface area contributed by atoms with E-state index in [2.05, 4.69) is 24.5 Å². The van der Waals surface area contributed by atoms with Gasteiger partial charge in [0.2, 0.25) is 0 Å². The number of hydrogen-bond acceptors (Lipinski definition) is 6. The minimum absolute atomic E-state index is 0. The predicted molar refractivity (Wildman–Crippen MR) is 154 cm³/mol. The van der Waals surface area contributed by atoms with Crippen LogP contribution in [0.5, 0.6) is 0 Å². The third-order valence-electron chi connectivity index (χ3n) is 4.06. The molecule has 2 aromatic rings. The van der Waals surface area contributed by atoms with Crippen LogP contribution in [0.4, 0.5) is 18.9 Å². The van der Waals surface area contributed by atoms with Crippen LogP contribution >= 0.6 is 24.4 Å². The molecule has 0 amide bonds. The summed E-state index contributed by atoms with van der Waals surface area (Å²) in [5, 5.41) is 25.3. The van der Waals surface area contributed by atoms with E-state index in [-0.39, 0.29) is 41.8 Å². The molecule has 0 aliphatic rings. The second kappa shape index (κ2) is 20.6. The average Bonchev–Trinajstić information content (AvgIpc) is 2.85. The highest BCUT2D eigenvalue weighted by atomic mass is 32.2. The van der Waals surface area contributed by atoms with Gasteiger partial charge in [0.25, 0.3) is 0 Å². The average molecular weight is 574 g/mol. The molecular weight excluding hydrogens is 540 g/mol. The number of rotatable bonds is 8. The molecule has 11 heteroatoms. The van der Waals surface area contributed by atoms with Crippen molar-refractivity contribution in [1.82, 2.24) is 0 Å². The van der Waals surface area contributed by atoms with Gasteiger partial charge in [0, 0.05) is 23.0 Å². The lowest BCUT2D eigenvalue weighted by molar-refractivity contribution is 0.292. The summed E-state index contributed by atoms with van der Waals surface area (Å²) < 4.78 is 49.5. The number of halogens is 3. The van der Waals surface area contributed by atoms with Gasteiger partial charge in [0.15, 0.2) is 0 Å². The first kappa shape index (κ1) is 36.7. The van der Waals surface area contributed by atoms with E-state index in [0.717, 1.165) is 11.0 Å². The maximum atomic E-state index is 13.6. The third kappa shape index (κ3) is 15.4. The predicted octanol–water partition coefficient (Wildman–Crippen LogP) is 6.91. The fraction of sp³-hybridized carbons (Fsp3) is 0.269. The highest BCUT2D eigenvalue weighted by Gasteiger charge is 2.12. The monoisotopic (exact) mass is 573 g/mol. The molecule has 5 nitrogen and oxygen atoms in total. The van der Waals surface area contributed by atoms with Crippen LogP contribution in [0.2, 0.25) is 0 Å². The standard InChI is InChI=1S/C10H12FN3O2S.C8H11FS.C7H7FS.CH4/c11-9-5-8(17(13)16)4-7(6-12)10(9)14-2-1-3-15;1-4-7(10)5-8(9)6(2)3;1-9-7-4-2-6(8)3-5-7;/h4-5,14-15H,1-3,13H2;4-5,10H,1H2,2-3H3;2-5H,1H3;1H4/b;7-5+;;. The topological polar surface area (TPSA) is 99.1 Å². The van der Waals surface area contributed by atoms with Gasteiger partial charge >= 0.3 is 0 Å². The number of allylic oxidation sites excluding steroid dienone is 4. The molecule has 0 saturated heterocycles. The molecule has 0 bridgehead atoms. The van der Waals surface area contributed by atoms with Gasteiger partial charge in [-0.1, -0.05) is 20.1 Å². The molecule has 0 aliphatic carbocycles. The number of nitrogens with two attached hydrogens (primary N) is 1. The smallest absolute Gasteiger partial charge is 0.148 e. The Morgan fingerprint density at radius 2 is 1.89 bits per heavy atom. The summed E-state index contributed by atoms with van der Waals surface area (Å²) in [5.74, 6) is -1.10. The number of nitriles is 1. The second-order valence-electron chi connectivity index (χ2n) is 7.02. The zero-order valence-electron chi connectivity index (χ0n) is 20.2. The van der Waals surface area contributed by atoms with E-state index >= 15 is 0 Å². The molecule has 0 aliphatic heterocycles. The number of aliphatic hydroxyl groups excluding tert-OH is 1. The molecule has 1 unspecified atom stereocenters. The quantitative estimate of drug-likeness (QED) is 0.119. The number of thioether (sulfide) groups is 1. The summed E-state index contributed by atoms with van der Waals surface area (Å²) in [5.41, 5.74) is 0.722. The second-order valence-corrected chi connectivity index (χ2v) is 9.48. The van der Waals surface area contributed by atoms with Crippen molar-refractivity contribution >= 4 is 41.1 Å². The van der Waals surface area contributed by atoms with Crippen molar-refractivity contribution in [3.63, 3.8) is 0 Å². The fourth-order valence-corrected chi connectivity index (χ4v) is 3.14. The van der Waals surface area contributed by atoms with Crippen molar-refractivity contribution in [2.75, 3.05) is 24.7 Å². The summed E-state index contributed by atoms with van der Waals surface area (Å²) in [6.45, 7) is 7.16. The van der Waals surface area contributed by atoms with Crippen LogP contribution in [0, 0.1) is 23.0 Å². The Hall–Kier alpha value is -2.49. The zero-order valence-corrected chi connectivity index (χ0v) is 22.8. The van der Waals surface area contributed by atoms with E-state index in [1.807, 2.05) is 6.26 Å². The number of thiol groups is 1. The van der Waals surface area contributed by atoms with E-state index in [1.165, 1.54) is 30.4 Å². The van der Waals surface area contributed by atoms with Gasteiger partial charge in [0.1, 0.15) is 34.5 Å². The molecule has 0 spiro atoms. The van der Waals surface area contributed by atoms with Gasteiger partial charge in [-0.3, -0.25) is 0 Å². The van der Waals surface area contributed by atoms with Crippen LogP contribution in [0.1, 0.15) is 33.3 Å². The summed E-state index contributed by atoms with van der Waals surface area (Å²) in [7, 11) is -1.83. The fourth-order valence-electron chi connectivity index (χ4n) is 2.16. The van der Waals surface area contributed by atoms with Crippen molar-refractivity contribution < 1.29 is 22.5 Å². The lowest BCUT2D eigenvalue weighted by Gasteiger charge is -2.09. The molecule has 0 fully saturated rings. The lowest BCUT2D eigenvalue weighted by atomic mass is 10.2. The number of nitrogens with zero attached hydrogens (tertiary/aromatic N) is 1. The Morgan fingerprint density at radius 3 is 2.32 bits per heavy atom. The lowest BCUT2D eigenvalue weighted by Crippen LogP contribution is -2.09. The molecular formula is C26H34F3N3O2S3. The number of aliphatic hydroxyl groups is 1.